The summed E-state index contributed by atoms with van der Waals surface area (Å²) in [6, 6.07) is 7.33. The second kappa shape index (κ2) is 4.50. The van der Waals surface area contributed by atoms with E-state index in [0.29, 0.717) is 0 Å². The first-order valence-electron chi connectivity index (χ1n) is 3.75. The molecule has 4 nitrogen and oxygen atoms in total. The largest absolute Gasteiger partial charge is 0.300 e. The SMILES string of the molecule is O=[N+]([O-])OC(c1ccccc1)C(F)F. The van der Waals surface area contributed by atoms with Crippen molar-refractivity contribution in [3.05, 3.63) is 46.0 Å². The molecule has 0 amide bonds. The van der Waals surface area contributed by atoms with E-state index in [-0.39, 0.29) is 5.56 Å². The first kappa shape index (κ1) is 10.4. The van der Waals surface area contributed by atoms with Gasteiger partial charge in [-0.15, -0.1) is 10.1 Å². The van der Waals surface area contributed by atoms with Gasteiger partial charge in [-0.25, -0.2) is 8.78 Å². The summed E-state index contributed by atoms with van der Waals surface area (Å²) in [6.45, 7) is 0. The molecule has 6 heteroatoms. The molecular formula is C8H7F2NO3. The molecule has 0 saturated heterocycles. The number of benzene rings is 1. The molecule has 0 bridgehead atoms. The Balaban J connectivity index is 2.83. The van der Waals surface area contributed by atoms with Crippen LogP contribution < -0.4 is 0 Å². The molecule has 0 fully saturated rings. The fraction of sp³-hybridized carbons (Fsp3) is 0.250. The second-order valence-corrected chi connectivity index (χ2v) is 2.49. The van der Waals surface area contributed by atoms with E-state index in [1.54, 1.807) is 6.07 Å². The second-order valence-electron chi connectivity index (χ2n) is 2.49. The van der Waals surface area contributed by atoms with Crippen LogP contribution >= 0.6 is 0 Å². The average Bonchev–Trinajstić information content (AvgIpc) is 2.15. The molecule has 14 heavy (non-hydrogen) atoms. The third kappa shape index (κ3) is 2.65. The van der Waals surface area contributed by atoms with E-state index in [2.05, 4.69) is 4.84 Å². The minimum Gasteiger partial charge on any atom is -0.300 e. The molecule has 1 unspecified atom stereocenters. The van der Waals surface area contributed by atoms with E-state index in [4.69, 9.17) is 0 Å². The summed E-state index contributed by atoms with van der Waals surface area (Å²) in [6.07, 6.45) is -4.74. The van der Waals surface area contributed by atoms with Gasteiger partial charge in [0.15, 0.2) is 6.10 Å². The maximum atomic E-state index is 12.3. The summed E-state index contributed by atoms with van der Waals surface area (Å²) < 4.78 is 24.6. The predicted octanol–water partition coefficient (Wildman–Crippen LogP) is 2.20. The zero-order chi connectivity index (χ0) is 10.6. The first-order valence-corrected chi connectivity index (χ1v) is 3.75. The number of rotatable bonds is 4. The normalized spacial score (nSPS) is 12.5. The van der Waals surface area contributed by atoms with Gasteiger partial charge in [0, 0.05) is 0 Å². The molecule has 0 heterocycles. The minimum absolute atomic E-state index is 0.0826. The summed E-state index contributed by atoms with van der Waals surface area (Å²) in [5, 5.41) is 8.72. The van der Waals surface area contributed by atoms with Crippen LogP contribution in [-0.4, -0.2) is 11.5 Å². The monoisotopic (exact) mass is 203 g/mol. The van der Waals surface area contributed by atoms with Gasteiger partial charge in [-0.1, -0.05) is 30.3 Å². The van der Waals surface area contributed by atoms with E-state index in [1.807, 2.05) is 0 Å². The summed E-state index contributed by atoms with van der Waals surface area (Å²) in [5.74, 6) is 0. The highest BCUT2D eigenvalue weighted by molar-refractivity contribution is 5.17. The molecule has 1 aromatic rings. The molecule has 1 atom stereocenters. The summed E-state index contributed by atoms with van der Waals surface area (Å²) >= 11 is 0. The van der Waals surface area contributed by atoms with Crippen molar-refractivity contribution in [2.75, 3.05) is 0 Å². The molecule has 0 saturated carbocycles. The van der Waals surface area contributed by atoms with Gasteiger partial charge in [0.25, 0.3) is 11.5 Å². The van der Waals surface area contributed by atoms with Crippen LogP contribution in [0.2, 0.25) is 0 Å². The molecule has 0 N–H and O–H groups in total. The molecule has 0 aliphatic rings. The van der Waals surface area contributed by atoms with E-state index in [9.17, 15) is 18.9 Å². The van der Waals surface area contributed by atoms with Gasteiger partial charge in [0.1, 0.15) is 0 Å². The van der Waals surface area contributed by atoms with E-state index in [1.165, 1.54) is 24.3 Å². The van der Waals surface area contributed by atoms with Crippen molar-refractivity contribution < 1.29 is 18.7 Å². The maximum Gasteiger partial charge on any atom is 0.295 e. The van der Waals surface area contributed by atoms with Crippen LogP contribution in [0.15, 0.2) is 30.3 Å². The van der Waals surface area contributed by atoms with Gasteiger partial charge >= 0.3 is 0 Å². The molecule has 0 aromatic heterocycles. The zero-order valence-electron chi connectivity index (χ0n) is 6.97. The van der Waals surface area contributed by atoms with Crippen LogP contribution in [0.25, 0.3) is 0 Å². The Labute approximate surface area is 78.2 Å². The van der Waals surface area contributed by atoms with Gasteiger partial charge in [-0.2, -0.15) is 0 Å². The lowest BCUT2D eigenvalue weighted by atomic mass is 10.1. The van der Waals surface area contributed by atoms with Crippen molar-refractivity contribution in [2.45, 2.75) is 12.5 Å². The Kier molecular flexibility index (Phi) is 3.33. The number of alkyl halides is 2. The molecule has 1 rings (SSSR count). The highest BCUT2D eigenvalue weighted by atomic mass is 19.3. The van der Waals surface area contributed by atoms with Gasteiger partial charge in [0.05, 0.1) is 0 Å². The third-order valence-electron chi connectivity index (χ3n) is 1.56. The van der Waals surface area contributed by atoms with Crippen molar-refractivity contribution in [3.63, 3.8) is 0 Å². The summed E-state index contributed by atoms with van der Waals surface area (Å²) in [7, 11) is 0. The summed E-state index contributed by atoms with van der Waals surface area (Å²) in [5.41, 5.74) is 0.0826. The van der Waals surface area contributed by atoms with E-state index >= 15 is 0 Å². The lowest BCUT2D eigenvalue weighted by Crippen LogP contribution is -2.16. The Morgan fingerprint density at radius 1 is 1.29 bits per heavy atom. The average molecular weight is 203 g/mol. The first-order chi connectivity index (χ1) is 6.61. The van der Waals surface area contributed by atoms with Crippen LogP contribution in [0, 0.1) is 10.1 Å². The molecule has 0 aliphatic heterocycles. The van der Waals surface area contributed by atoms with Gasteiger partial charge in [-0.3, -0.25) is 4.84 Å². The van der Waals surface area contributed by atoms with Crippen LogP contribution in [0.1, 0.15) is 11.7 Å². The fourth-order valence-electron chi connectivity index (χ4n) is 0.988. The number of hydrogen-bond acceptors (Lipinski definition) is 3. The highest BCUT2D eigenvalue weighted by Crippen LogP contribution is 2.24. The van der Waals surface area contributed by atoms with Crippen molar-refractivity contribution in [3.8, 4) is 0 Å². The quantitative estimate of drug-likeness (QED) is 0.556. The fourth-order valence-corrected chi connectivity index (χ4v) is 0.988. The van der Waals surface area contributed by atoms with Crippen LogP contribution in [0.4, 0.5) is 8.78 Å². The topological polar surface area (TPSA) is 52.4 Å². The van der Waals surface area contributed by atoms with E-state index < -0.39 is 17.6 Å². The Bertz CT molecular complexity index is 305. The standard InChI is InChI=1S/C8H7F2NO3/c9-8(10)7(14-11(12)13)6-4-2-1-3-5-6/h1-5,7-8H. The smallest absolute Gasteiger partial charge is 0.295 e. The summed E-state index contributed by atoms with van der Waals surface area (Å²) in [4.78, 5) is 13.8. The van der Waals surface area contributed by atoms with Gasteiger partial charge < -0.3 is 0 Å². The van der Waals surface area contributed by atoms with Crippen molar-refractivity contribution in [2.24, 2.45) is 0 Å². The van der Waals surface area contributed by atoms with E-state index in [0.717, 1.165) is 0 Å². The zero-order valence-corrected chi connectivity index (χ0v) is 6.97. The lowest BCUT2D eigenvalue weighted by Gasteiger charge is -2.13. The van der Waals surface area contributed by atoms with Crippen molar-refractivity contribution in [1.29, 1.82) is 0 Å². The van der Waals surface area contributed by atoms with Gasteiger partial charge in [-0.05, 0) is 5.56 Å². The van der Waals surface area contributed by atoms with Crippen molar-refractivity contribution >= 4 is 0 Å². The molecule has 0 spiro atoms. The van der Waals surface area contributed by atoms with Crippen LogP contribution in [0.3, 0.4) is 0 Å². The minimum atomic E-state index is -2.93. The Morgan fingerprint density at radius 2 is 1.86 bits per heavy atom. The van der Waals surface area contributed by atoms with Crippen molar-refractivity contribution in [1.82, 2.24) is 0 Å². The number of nitrogens with zero attached hydrogens (tertiary/aromatic N) is 1. The molecular weight excluding hydrogens is 196 g/mol. The predicted molar refractivity (Wildman–Crippen MR) is 43.3 cm³/mol. The maximum absolute atomic E-state index is 12.3. The van der Waals surface area contributed by atoms with Crippen LogP contribution in [-0.2, 0) is 4.84 Å². The Hall–Kier alpha value is -1.72. The molecule has 0 aliphatic carbocycles. The molecule has 1 aromatic carbocycles. The Morgan fingerprint density at radius 3 is 2.29 bits per heavy atom. The van der Waals surface area contributed by atoms with Crippen LogP contribution in [0.5, 0.6) is 0 Å². The highest BCUT2D eigenvalue weighted by Gasteiger charge is 2.25. The third-order valence-corrected chi connectivity index (χ3v) is 1.56. The number of halogens is 2. The van der Waals surface area contributed by atoms with Gasteiger partial charge in [0.2, 0.25) is 0 Å². The molecule has 0 radical (unpaired) electrons. The lowest BCUT2D eigenvalue weighted by molar-refractivity contribution is -0.773. The molecule has 76 valence electrons. The number of hydrogen-bond donors (Lipinski definition) is 0.